The molecule has 0 aromatic heterocycles. The topological polar surface area (TPSA) is 43.4 Å². The molecule has 3 nitrogen and oxygen atoms in total. The summed E-state index contributed by atoms with van der Waals surface area (Å²) in [7, 11) is 1.55. The van der Waals surface area contributed by atoms with Gasteiger partial charge in [-0.2, -0.15) is 0 Å². The molecule has 0 unspecified atom stereocenters. The van der Waals surface area contributed by atoms with Gasteiger partial charge in [0.25, 0.3) is 9.05 Å². The Balaban J connectivity index is 2.34. The van der Waals surface area contributed by atoms with Gasteiger partial charge in [-0.25, -0.2) is 8.42 Å². The fraction of sp³-hybridized carbons (Fsp3) is 0.0769. The van der Waals surface area contributed by atoms with Gasteiger partial charge in [-0.05, 0) is 48.9 Å². The summed E-state index contributed by atoms with van der Waals surface area (Å²) in [6, 6.07) is 9.30. The van der Waals surface area contributed by atoms with Gasteiger partial charge in [-0.3, -0.25) is 0 Å². The minimum absolute atomic E-state index is 0.0497. The third-order valence-electron chi connectivity index (χ3n) is 2.53. The quantitative estimate of drug-likeness (QED) is 0.729. The van der Waals surface area contributed by atoms with Crippen molar-refractivity contribution < 1.29 is 13.2 Å². The molecular weight excluding hydrogens is 343 g/mol. The van der Waals surface area contributed by atoms with Crippen LogP contribution >= 0.6 is 33.9 Å². The van der Waals surface area contributed by atoms with E-state index in [9.17, 15) is 8.42 Å². The van der Waals surface area contributed by atoms with Gasteiger partial charge in [0.05, 0.1) is 9.92 Å². The lowest BCUT2D eigenvalue weighted by Gasteiger charge is -2.09. The van der Waals surface area contributed by atoms with Crippen molar-refractivity contribution in [2.75, 3.05) is 0 Å². The van der Waals surface area contributed by atoms with Crippen LogP contribution in [0.1, 0.15) is 5.56 Å². The molecule has 0 spiro atoms. The fourth-order valence-electron chi connectivity index (χ4n) is 1.64. The highest BCUT2D eigenvalue weighted by Crippen LogP contribution is 2.33. The van der Waals surface area contributed by atoms with Crippen molar-refractivity contribution in [2.45, 2.75) is 11.8 Å². The average molecular weight is 352 g/mol. The highest BCUT2D eigenvalue weighted by molar-refractivity contribution is 8.13. The summed E-state index contributed by atoms with van der Waals surface area (Å²) >= 11 is 11.8. The Morgan fingerprint density at radius 1 is 1.05 bits per heavy atom. The molecule has 0 aliphatic heterocycles. The van der Waals surface area contributed by atoms with Crippen molar-refractivity contribution in [1.29, 1.82) is 0 Å². The van der Waals surface area contributed by atoms with Crippen LogP contribution in [0.3, 0.4) is 0 Å². The second-order valence-electron chi connectivity index (χ2n) is 4.04. The Bertz CT molecular complexity index is 757. The van der Waals surface area contributed by atoms with Crippen molar-refractivity contribution >= 4 is 42.9 Å². The molecule has 0 atom stereocenters. The zero-order valence-corrected chi connectivity index (χ0v) is 13.3. The summed E-state index contributed by atoms with van der Waals surface area (Å²) in [6.07, 6.45) is 0. The standard InChI is InChI=1S/C13H9Cl3O3S/c1-8-6-10(3-5-13(8)20(16,17)18)19-12-4-2-9(14)7-11(12)15/h2-7H,1H3. The van der Waals surface area contributed by atoms with E-state index in [0.29, 0.717) is 27.1 Å². The summed E-state index contributed by atoms with van der Waals surface area (Å²) in [5.74, 6) is 0.882. The SMILES string of the molecule is Cc1cc(Oc2ccc(Cl)cc2Cl)ccc1S(=O)(=O)Cl. The molecule has 0 N–H and O–H groups in total. The zero-order valence-electron chi connectivity index (χ0n) is 10.2. The molecule has 0 radical (unpaired) electrons. The molecule has 20 heavy (non-hydrogen) atoms. The van der Waals surface area contributed by atoms with Crippen LogP contribution in [0.25, 0.3) is 0 Å². The molecule has 0 fully saturated rings. The normalized spacial score (nSPS) is 11.4. The van der Waals surface area contributed by atoms with Crippen LogP contribution in [0.4, 0.5) is 0 Å². The summed E-state index contributed by atoms with van der Waals surface area (Å²) < 4.78 is 28.2. The Morgan fingerprint density at radius 2 is 1.75 bits per heavy atom. The average Bonchev–Trinajstić information content (AvgIpc) is 2.31. The molecule has 0 bridgehead atoms. The van der Waals surface area contributed by atoms with Crippen LogP contribution in [0.2, 0.25) is 10.0 Å². The maximum Gasteiger partial charge on any atom is 0.261 e. The number of halogens is 3. The third kappa shape index (κ3) is 3.58. The molecule has 2 aromatic rings. The maximum atomic E-state index is 11.3. The van der Waals surface area contributed by atoms with Crippen LogP contribution in [-0.2, 0) is 9.05 Å². The van der Waals surface area contributed by atoms with Crippen LogP contribution in [0.5, 0.6) is 11.5 Å². The van der Waals surface area contributed by atoms with Crippen LogP contribution in [-0.4, -0.2) is 8.42 Å². The van der Waals surface area contributed by atoms with Crippen molar-refractivity contribution in [3.63, 3.8) is 0 Å². The van der Waals surface area contributed by atoms with E-state index in [1.54, 1.807) is 31.2 Å². The second-order valence-corrected chi connectivity index (χ2v) is 7.42. The predicted molar refractivity (Wildman–Crippen MR) is 80.8 cm³/mol. The van der Waals surface area contributed by atoms with E-state index in [0.717, 1.165) is 0 Å². The molecule has 0 aliphatic carbocycles. The summed E-state index contributed by atoms with van der Waals surface area (Å²) in [5, 5.41) is 0.867. The van der Waals surface area contributed by atoms with Gasteiger partial charge >= 0.3 is 0 Å². The van der Waals surface area contributed by atoms with Gasteiger partial charge in [0.2, 0.25) is 0 Å². The molecular formula is C13H9Cl3O3S. The Morgan fingerprint density at radius 3 is 2.30 bits per heavy atom. The van der Waals surface area contributed by atoms with Crippen molar-refractivity contribution in [2.24, 2.45) is 0 Å². The zero-order chi connectivity index (χ0) is 14.9. The van der Waals surface area contributed by atoms with Gasteiger partial charge in [-0.1, -0.05) is 23.2 Å². The lowest BCUT2D eigenvalue weighted by molar-refractivity contribution is 0.482. The molecule has 7 heteroatoms. The highest BCUT2D eigenvalue weighted by atomic mass is 35.7. The Hall–Kier alpha value is -0.940. The molecule has 2 aromatic carbocycles. The summed E-state index contributed by atoms with van der Waals surface area (Å²) in [6.45, 7) is 1.63. The number of benzene rings is 2. The third-order valence-corrected chi connectivity index (χ3v) is 4.54. The fourth-order valence-corrected chi connectivity index (χ4v) is 3.28. The van der Waals surface area contributed by atoms with E-state index in [2.05, 4.69) is 0 Å². The molecule has 106 valence electrons. The Kier molecular flexibility index (Phi) is 4.49. The van der Waals surface area contributed by atoms with E-state index in [1.807, 2.05) is 0 Å². The van der Waals surface area contributed by atoms with Crippen LogP contribution < -0.4 is 4.74 Å². The van der Waals surface area contributed by atoms with Gasteiger partial charge < -0.3 is 4.74 Å². The van der Waals surface area contributed by atoms with Gasteiger partial charge in [-0.15, -0.1) is 0 Å². The molecule has 0 aliphatic rings. The highest BCUT2D eigenvalue weighted by Gasteiger charge is 2.14. The van der Waals surface area contributed by atoms with Gasteiger partial charge in [0.15, 0.2) is 0 Å². The first-order chi connectivity index (χ1) is 9.27. The van der Waals surface area contributed by atoms with E-state index < -0.39 is 9.05 Å². The van der Waals surface area contributed by atoms with Crippen molar-refractivity contribution in [3.05, 3.63) is 52.0 Å². The first kappa shape index (κ1) is 15.4. The van der Waals surface area contributed by atoms with E-state index in [-0.39, 0.29) is 4.90 Å². The van der Waals surface area contributed by atoms with E-state index in [4.69, 9.17) is 38.6 Å². The number of hydrogen-bond donors (Lipinski definition) is 0. The first-order valence-electron chi connectivity index (χ1n) is 5.45. The molecule has 0 saturated heterocycles. The lowest BCUT2D eigenvalue weighted by atomic mass is 10.2. The summed E-state index contributed by atoms with van der Waals surface area (Å²) in [4.78, 5) is 0.0497. The summed E-state index contributed by atoms with van der Waals surface area (Å²) in [5.41, 5.74) is 0.489. The second kappa shape index (κ2) is 5.82. The molecule has 0 heterocycles. The van der Waals surface area contributed by atoms with Crippen molar-refractivity contribution in [3.8, 4) is 11.5 Å². The van der Waals surface area contributed by atoms with Crippen molar-refractivity contribution in [1.82, 2.24) is 0 Å². The van der Waals surface area contributed by atoms with E-state index >= 15 is 0 Å². The number of ether oxygens (including phenoxy) is 1. The predicted octanol–water partition coefficient (Wildman–Crippen LogP) is 5.02. The van der Waals surface area contributed by atoms with Crippen LogP contribution in [0.15, 0.2) is 41.3 Å². The molecule has 0 saturated carbocycles. The van der Waals surface area contributed by atoms with E-state index in [1.165, 1.54) is 12.1 Å². The monoisotopic (exact) mass is 350 g/mol. The number of hydrogen-bond acceptors (Lipinski definition) is 3. The number of aryl methyl sites for hydroxylation is 1. The Labute approximate surface area is 131 Å². The van der Waals surface area contributed by atoms with Crippen LogP contribution in [0, 0.1) is 6.92 Å². The maximum absolute atomic E-state index is 11.3. The molecule has 2 rings (SSSR count). The largest absolute Gasteiger partial charge is 0.456 e. The first-order valence-corrected chi connectivity index (χ1v) is 8.52. The minimum atomic E-state index is -3.76. The van der Waals surface area contributed by atoms with Gasteiger partial charge in [0, 0.05) is 15.7 Å². The lowest BCUT2D eigenvalue weighted by Crippen LogP contribution is -1.95. The number of rotatable bonds is 3. The van der Waals surface area contributed by atoms with Gasteiger partial charge in [0.1, 0.15) is 11.5 Å². The minimum Gasteiger partial charge on any atom is -0.456 e. The molecule has 0 amide bonds. The smallest absolute Gasteiger partial charge is 0.261 e.